The highest BCUT2D eigenvalue weighted by molar-refractivity contribution is 6.36. The fourth-order valence-corrected chi connectivity index (χ4v) is 7.44. The number of ether oxygens (including phenoxy) is 3. The summed E-state index contributed by atoms with van der Waals surface area (Å²) in [4.78, 5) is 20.5. The van der Waals surface area contributed by atoms with E-state index in [1.807, 2.05) is 55.5 Å². The molecule has 2 aromatic carbocycles. The van der Waals surface area contributed by atoms with Crippen LogP contribution in [0.3, 0.4) is 0 Å². The first-order valence-electron chi connectivity index (χ1n) is 17.5. The largest absolute Gasteiger partial charge is 0.481 e. The first-order valence-corrected chi connectivity index (χ1v) is 17.8. The summed E-state index contributed by atoms with van der Waals surface area (Å²) in [5.41, 5.74) is 2.72. The van der Waals surface area contributed by atoms with Crippen molar-refractivity contribution in [2.45, 2.75) is 89.8 Å². The number of aryl methyl sites for hydroxylation is 1. The molecule has 4 aromatic rings. The molecule has 1 atom stereocenters. The van der Waals surface area contributed by atoms with Crippen LogP contribution in [0.4, 0.5) is 13.2 Å². The Labute approximate surface area is 311 Å². The number of hydrogen-bond donors (Lipinski definition) is 3. The number of rotatable bonds is 13. The number of nitrogens with zero attached hydrogens (tertiary/aromatic N) is 2. The number of aliphatic hydroxyl groups is 1. The molecule has 1 fully saturated rings. The van der Waals surface area contributed by atoms with E-state index in [1.165, 1.54) is 21.0 Å². The van der Waals surface area contributed by atoms with Crippen molar-refractivity contribution in [3.63, 3.8) is 0 Å². The van der Waals surface area contributed by atoms with Gasteiger partial charge in [0.2, 0.25) is 17.6 Å². The van der Waals surface area contributed by atoms with Gasteiger partial charge < -0.3 is 29.7 Å². The normalized spacial score (nSPS) is 19.7. The van der Waals surface area contributed by atoms with Crippen LogP contribution in [-0.4, -0.2) is 52.0 Å². The predicted octanol–water partition coefficient (Wildman–Crippen LogP) is 8.61. The average molecular weight is 754 g/mol. The van der Waals surface area contributed by atoms with Crippen LogP contribution >= 0.6 is 11.6 Å². The van der Waals surface area contributed by atoms with Gasteiger partial charge in [0, 0.05) is 34.8 Å². The van der Waals surface area contributed by atoms with Crippen LogP contribution in [0.25, 0.3) is 22.4 Å². The van der Waals surface area contributed by atoms with E-state index in [-0.39, 0.29) is 30.3 Å². The Balaban J connectivity index is 1.27. The highest BCUT2D eigenvalue weighted by Gasteiger charge is 2.40. The number of aromatic nitrogens is 2. The zero-order valence-corrected chi connectivity index (χ0v) is 31.0. The lowest BCUT2D eigenvalue weighted by atomic mass is 9.77. The van der Waals surface area contributed by atoms with E-state index in [2.05, 4.69) is 10.3 Å². The van der Waals surface area contributed by atoms with Gasteiger partial charge in [-0.2, -0.15) is 18.2 Å². The predicted molar refractivity (Wildman–Crippen MR) is 194 cm³/mol. The maximum absolute atomic E-state index is 14.4. The van der Waals surface area contributed by atoms with E-state index in [0.29, 0.717) is 54.4 Å². The van der Waals surface area contributed by atoms with Gasteiger partial charge in [0.05, 0.1) is 36.0 Å². The lowest BCUT2D eigenvalue weighted by molar-refractivity contribution is -0.147. The van der Waals surface area contributed by atoms with Crippen LogP contribution in [0, 0.1) is 5.41 Å². The second kappa shape index (κ2) is 14.8. The number of nitrogens with one attached hydrogen (secondary N) is 1. The van der Waals surface area contributed by atoms with Gasteiger partial charge in [-0.1, -0.05) is 54.1 Å². The summed E-state index contributed by atoms with van der Waals surface area (Å²) < 4.78 is 60.4. The van der Waals surface area contributed by atoms with Crippen molar-refractivity contribution in [2.75, 3.05) is 14.2 Å². The van der Waals surface area contributed by atoms with Gasteiger partial charge >= 0.3 is 12.1 Å². The van der Waals surface area contributed by atoms with Gasteiger partial charge in [-0.3, -0.25) is 4.79 Å². The average Bonchev–Trinajstić information content (AvgIpc) is 3.51. The lowest BCUT2D eigenvalue weighted by Crippen LogP contribution is -2.51. The molecule has 3 N–H and O–H groups in total. The maximum Gasteiger partial charge on any atom is 0.421 e. The third-order valence-corrected chi connectivity index (χ3v) is 10.7. The van der Waals surface area contributed by atoms with E-state index in [0.717, 1.165) is 33.9 Å². The zero-order chi connectivity index (χ0) is 38.3. The number of aliphatic carboxylic acids is 1. The van der Waals surface area contributed by atoms with Crippen LogP contribution in [0.2, 0.25) is 5.02 Å². The molecule has 53 heavy (non-hydrogen) atoms. The van der Waals surface area contributed by atoms with Gasteiger partial charge in [-0.25, -0.2) is 4.98 Å². The minimum Gasteiger partial charge on any atom is -0.481 e. The minimum absolute atomic E-state index is 0.0172. The Morgan fingerprint density at radius 1 is 0.962 bits per heavy atom. The molecule has 0 amide bonds. The number of halogens is 4. The third kappa shape index (κ3) is 8.10. The molecule has 1 saturated carbocycles. The number of methoxy groups -OCH3 is 2. The van der Waals surface area contributed by atoms with E-state index in [1.54, 1.807) is 7.11 Å². The third-order valence-electron chi connectivity index (χ3n) is 10.2. The molecule has 6 rings (SSSR count). The number of fused-ring (bicyclic) bond motifs is 1. The Kier molecular flexibility index (Phi) is 10.7. The highest BCUT2D eigenvalue weighted by Crippen LogP contribution is 2.46. The Morgan fingerprint density at radius 3 is 2.28 bits per heavy atom. The van der Waals surface area contributed by atoms with Crippen molar-refractivity contribution >= 4 is 17.6 Å². The number of carboxylic acids is 1. The summed E-state index contributed by atoms with van der Waals surface area (Å²) in [5, 5.41) is 23.5. The quantitative estimate of drug-likeness (QED) is 0.123. The van der Waals surface area contributed by atoms with Crippen molar-refractivity contribution in [1.82, 2.24) is 15.3 Å². The zero-order valence-electron chi connectivity index (χ0n) is 30.2. The molecule has 13 heteroatoms. The van der Waals surface area contributed by atoms with Crippen molar-refractivity contribution in [1.29, 1.82) is 0 Å². The molecule has 0 bridgehead atoms. The number of carboxylic acid groups (broad SMARTS) is 1. The molecule has 0 radical (unpaired) electrons. The first-order chi connectivity index (χ1) is 25.0. The van der Waals surface area contributed by atoms with Gasteiger partial charge in [-0.05, 0) is 88.1 Å². The summed E-state index contributed by atoms with van der Waals surface area (Å²) >= 11 is 7.10. The van der Waals surface area contributed by atoms with Gasteiger partial charge in [0.15, 0.2) is 0 Å². The number of pyridine rings is 2. The number of benzene rings is 2. The number of carbonyl (C=O) groups is 1. The van der Waals surface area contributed by atoms with Crippen LogP contribution < -0.4 is 19.5 Å². The van der Waals surface area contributed by atoms with E-state index in [4.69, 9.17) is 30.8 Å². The van der Waals surface area contributed by atoms with Crippen molar-refractivity contribution in [2.24, 2.45) is 5.41 Å². The van der Waals surface area contributed by atoms with Crippen LogP contribution in [0.5, 0.6) is 17.6 Å². The molecule has 9 nitrogen and oxygen atoms in total. The summed E-state index contributed by atoms with van der Waals surface area (Å²) in [6.45, 7) is 5.39. The van der Waals surface area contributed by atoms with Crippen LogP contribution in [0.1, 0.15) is 80.4 Å². The van der Waals surface area contributed by atoms with E-state index < -0.39 is 40.7 Å². The standard InChI is InChI=1S/C40H43ClF3N3O6/c1-38(2,37(48)49)17-16-22-18-30(40(42,43)44)36(47-34(22)51-4)53-32-15-13-26-25(8-6-9-27(26)32)28-10-7-11-29(33(28)41)31-14-12-23(35(46-31)52-5)21-45-24-19-39(3,50)20-24/h6-12,14,18,24,32,45,50H,13,15-17,19-21H2,1-5H3,(H,48,49)/t24?,32-,39?/m0/s1. The first kappa shape index (κ1) is 38.3. The van der Waals surface area contributed by atoms with Crippen molar-refractivity contribution < 1.29 is 42.4 Å². The van der Waals surface area contributed by atoms with Gasteiger partial charge in [-0.15, -0.1) is 0 Å². The Bertz CT molecular complexity index is 2010. The van der Waals surface area contributed by atoms with E-state index >= 15 is 0 Å². The Hall–Kier alpha value is -4.39. The molecule has 2 aliphatic carbocycles. The van der Waals surface area contributed by atoms with Crippen LogP contribution in [-0.2, 0) is 30.4 Å². The number of hydrogen-bond acceptors (Lipinski definition) is 8. The molecular formula is C40H43ClF3N3O6. The Morgan fingerprint density at radius 2 is 1.62 bits per heavy atom. The fourth-order valence-electron chi connectivity index (χ4n) is 7.12. The number of alkyl halides is 3. The molecule has 2 heterocycles. The van der Waals surface area contributed by atoms with Crippen molar-refractivity contribution in [3.8, 4) is 40.0 Å². The van der Waals surface area contributed by atoms with Gasteiger partial charge in [0.1, 0.15) is 11.7 Å². The summed E-state index contributed by atoms with van der Waals surface area (Å²) in [6.07, 6.45) is -3.10. The van der Waals surface area contributed by atoms with E-state index in [9.17, 15) is 28.2 Å². The van der Waals surface area contributed by atoms with Crippen molar-refractivity contribution in [3.05, 3.63) is 87.4 Å². The second-order valence-electron chi connectivity index (χ2n) is 14.7. The molecular weight excluding hydrogens is 711 g/mol. The molecule has 0 aliphatic heterocycles. The topological polar surface area (TPSA) is 123 Å². The second-order valence-corrected chi connectivity index (χ2v) is 15.1. The molecule has 2 aliphatic rings. The summed E-state index contributed by atoms with van der Waals surface area (Å²) in [6, 6.07) is 16.3. The lowest BCUT2D eigenvalue weighted by Gasteiger charge is -2.41. The molecule has 0 spiro atoms. The summed E-state index contributed by atoms with van der Waals surface area (Å²) in [7, 11) is 2.87. The highest BCUT2D eigenvalue weighted by atomic mass is 35.5. The molecule has 2 aromatic heterocycles. The minimum atomic E-state index is -4.78. The SMILES string of the molecule is COc1nc(-c2cccc(-c3cccc4c3CC[C@@H]4Oc3nc(OC)c(CCC(C)(C)C(=O)O)cc3C(F)(F)F)c2Cl)ccc1CNC1CC(C)(O)C1. The molecule has 282 valence electrons. The summed E-state index contributed by atoms with van der Waals surface area (Å²) in [5.74, 6) is -1.24. The monoisotopic (exact) mass is 753 g/mol. The fraction of sp³-hybridized carbons (Fsp3) is 0.425. The maximum atomic E-state index is 14.4. The van der Waals surface area contributed by atoms with Gasteiger partial charge in [0.25, 0.3) is 0 Å². The van der Waals surface area contributed by atoms with Crippen LogP contribution in [0.15, 0.2) is 54.6 Å². The smallest absolute Gasteiger partial charge is 0.421 e. The molecule has 0 unspecified atom stereocenters. The molecule has 0 saturated heterocycles.